The van der Waals surface area contributed by atoms with Gasteiger partial charge in [-0.1, -0.05) is 12.8 Å². The number of rotatable bonds is 4. The minimum absolute atomic E-state index is 0.0570. The summed E-state index contributed by atoms with van der Waals surface area (Å²) in [5.41, 5.74) is -0.857. The number of Topliss-reactive ketones (excluding diaryl/α,β-unsaturated/α-hetero) is 1. The highest BCUT2D eigenvalue weighted by atomic mass is 16.3. The summed E-state index contributed by atoms with van der Waals surface area (Å²) in [6.45, 7) is 1.36. The maximum absolute atomic E-state index is 13.1. The Labute approximate surface area is 146 Å². The number of amides is 2. The Kier molecular flexibility index (Phi) is 4.60. The van der Waals surface area contributed by atoms with Gasteiger partial charge in [0, 0.05) is 25.0 Å². The van der Waals surface area contributed by atoms with Crippen molar-refractivity contribution < 1.29 is 19.5 Å². The van der Waals surface area contributed by atoms with Gasteiger partial charge in [-0.2, -0.15) is 0 Å². The normalized spacial score (nSPS) is 27.9. The van der Waals surface area contributed by atoms with E-state index in [1.165, 1.54) is 13.2 Å². The summed E-state index contributed by atoms with van der Waals surface area (Å²) in [7, 11) is 1.47. The molecule has 0 spiro atoms. The smallest absolute Gasteiger partial charge is 0.242 e. The highest BCUT2D eigenvalue weighted by Gasteiger charge is 2.57. The van der Waals surface area contributed by atoms with E-state index in [1.807, 2.05) is 0 Å². The van der Waals surface area contributed by atoms with E-state index in [9.17, 15) is 19.5 Å². The van der Waals surface area contributed by atoms with Gasteiger partial charge in [-0.15, -0.1) is 0 Å². The number of carbonyl (C=O) groups is 3. The van der Waals surface area contributed by atoms with Crippen LogP contribution in [0, 0.1) is 11.3 Å². The fourth-order valence-corrected chi connectivity index (χ4v) is 3.95. The second-order valence-electron chi connectivity index (χ2n) is 7.04. The zero-order valence-electron chi connectivity index (χ0n) is 14.5. The first kappa shape index (κ1) is 17.5. The summed E-state index contributed by atoms with van der Waals surface area (Å²) < 4.78 is 0. The molecule has 2 amide bonds. The quantitative estimate of drug-likeness (QED) is 0.650. The topological polar surface area (TPSA) is 90.8 Å². The van der Waals surface area contributed by atoms with Crippen molar-refractivity contribution in [1.29, 1.82) is 0 Å². The minimum atomic E-state index is -1.44. The van der Waals surface area contributed by atoms with E-state index in [0.717, 1.165) is 35.5 Å². The first-order valence-corrected chi connectivity index (χ1v) is 8.57. The van der Waals surface area contributed by atoms with Crippen molar-refractivity contribution in [3.63, 3.8) is 0 Å². The maximum atomic E-state index is 13.1. The molecule has 1 aliphatic heterocycles. The van der Waals surface area contributed by atoms with Gasteiger partial charge < -0.3 is 10.0 Å². The van der Waals surface area contributed by atoms with Crippen LogP contribution in [0.25, 0.3) is 0 Å². The van der Waals surface area contributed by atoms with E-state index in [-0.39, 0.29) is 24.2 Å². The Morgan fingerprint density at radius 3 is 2.60 bits per heavy atom. The predicted octanol–water partition coefficient (Wildman–Crippen LogP) is 1.04. The molecule has 1 saturated carbocycles. The summed E-state index contributed by atoms with van der Waals surface area (Å²) in [4.78, 5) is 44.5. The van der Waals surface area contributed by atoms with Gasteiger partial charge >= 0.3 is 0 Å². The van der Waals surface area contributed by atoms with Crippen LogP contribution in [0.5, 0.6) is 0 Å². The Hall–Kier alpha value is -2.28. The largest absolute Gasteiger partial charge is 0.356 e. The Morgan fingerprint density at radius 1 is 1.32 bits per heavy atom. The molecule has 0 aromatic carbocycles. The molecule has 3 rings (SSSR count). The molecule has 134 valence electrons. The molecule has 25 heavy (non-hydrogen) atoms. The first-order chi connectivity index (χ1) is 11.9. The summed E-state index contributed by atoms with van der Waals surface area (Å²) >= 11 is 0. The number of aromatic nitrogens is 1. The van der Waals surface area contributed by atoms with Crippen LogP contribution in [0.1, 0.15) is 43.0 Å². The average Bonchev–Trinajstić information content (AvgIpc) is 3.17. The van der Waals surface area contributed by atoms with Gasteiger partial charge in [0.15, 0.2) is 5.78 Å². The molecule has 1 N–H and O–H groups in total. The van der Waals surface area contributed by atoms with Gasteiger partial charge in [-0.25, -0.2) is 0 Å². The van der Waals surface area contributed by atoms with E-state index >= 15 is 0 Å². The van der Waals surface area contributed by atoms with Crippen LogP contribution >= 0.6 is 0 Å². The summed E-state index contributed by atoms with van der Waals surface area (Å²) in [6.07, 6.45) is 5.14. The number of hydrogen-bond acceptors (Lipinski definition) is 5. The zero-order valence-corrected chi connectivity index (χ0v) is 14.5. The minimum Gasteiger partial charge on any atom is -0.356 e. The molecular formula is C18H23N3O4. The molecule has 0 radical (unpaired) electrons. The van der Waals surface area contributed by atoms with E-state index < -0.39 is 17.7 Å². The molecule has 2 unspecified atom stereocenters. The van der Waals surface area contributed by atoms with Crippen molar-refractivity contribution >= 4 is 17.6 Å². The number of hydrogen-bond donors (Lipinski definition) is 1. The third-order valence-electron chi connectivity index (χ3n) is 5.56. The maximum Gasteiger partial charge on any atom is 0.242 e. The van der Waals surface area contributed by atoms with Crippen LogP contribution in [0.2, 0.25) is 0 Å². The zero-order chi connectivity index (χ0) is 18.2. The molecule has 2 heterocycles. The van der Waals surface area contributed by atoms with Crippen molar-refractivity contribution in [3.05, 3.63) is 30.1 Å². The molecule has 2 aliphatic rings. The van der Waals surface area contributed by atoms with Gasteiger partial charge in [0.05, 0.1) is 6.54 Å². The van der Waals surface area contributed by atoms with Gasteiger partial charge in [0.25, 0.3) is 0 Å². The summed E-state index contributed by atoms with van der Waals surface area (Å²) in [5.74, 6) is -1.22. The highest BCUT2D eigenvalue weighted by Crippen LogP contribution is 2.44. The van der Waals surface area contributed by atoms with E-state index in [1.54, 1.807) is 25.3 Å². The number of ketones is 1. The monoisotopic (exact) mass is 345 g/mol. The molecule has 1 aliphatic carbocycles. The number of aliphatic hydroxyl groups excluding tert-OH is 1. The molecule has 1 saturated heterocycles. The lowest BCUT2D eigenvalue weighted by Crippen LogP contribution is -2.68. The van der Waals surface area contributed by atoms with Gasteiger partial charge in [0.2, 0.25) is 18.2 Å². The lowest BCUT2D eigenvalue weighted by atomic mass is 9.72. The number of aliphatic hydroxyl groups is 1. The van der Waals surface area contributed by atoms with E-state index in [2.05, 4.69) is 4.98 Å². The van der Waals surface area contributed by atoms with Gasteiger partial charge in [-0.3, -0.25) is 24.3 Å². The predicted molar refractivity (Wildman–Crippen MR) is 89.1 cm³/mol. The lowest BCUT2D eigenvalue weighted by molar-refractivity contribution is -0.197. The number of nitrogens with zero attached hydrogens (tertiary/aromatic N) is 3. The Bertz CT molecular complexity index is 687. The second-order valence-corrected chi connectivity index (χ2v) is 7.04. The third-order valence-corrected chi connectivity index (χ3v) is 5.56. The molecular weight excluding hydrogens is 322 g/mol. The van der Waals surface area contributed by atoms with Crippen LogP contribution in [0.4, 0.5) is 0 Å². The van der Waals surface area contributed by atoms with E-state index in [0.29, 0.717) is 5.56 Å². The van der Waals surface area contributed by atoms with Gasteiger partial charge in [0.1, 0.15) is 5.41 Å². The average molecular weight is 345 g/mol. The molecule has 0 bridgehead atoms. The molecule has 2 fully saturated rings. The fourth-order valence-electron chi connectivity index (χ4n) is 3.95. The van der Waals surface area contributed by atoms with Gasteiger partial charge in [-0.05, 0) is 37.8 Å². The molecule has 1 aromatic heterocycles. The highest BCUT2D eigenvalue weighted by molar-refractivity contribution is 6.08. The standard InChI is InChI=1S/C18H23N3O4/c1-18(13-7-3-4-8-13)15(23)20(2)17(25)21(16(18)24)11-14(22)12-6-5-9-19-10-12/h5-6,9-10,13,17,25H,3-4,7-8,11H2,1-2H3. The lowest BCUT2D eigenvalue weighted by Gasteiger charge is -2.48. The van der Waals surface area contributed by atoms with Crippen molar-refractivity contribution in [2.24, 2.45) is 11.3 Å². The number of carbonyl (C=O) groups excluding carboxylic acids is 3. The molecule has 7 heteroatoms. The van der Waals surface area contributed by atoms with Crippen LogP contribution in [-0.2, 0) is 9.59 Å². The second kappa shape index (κ2) is 6.55. The summed E-state index contributed by atoms with van der Waals surface area (Å²) in [6, 6.07) is 3.25. The van der Waals surface area contributed by atoms with Crippen LogP contribution in [0.15, 0.2) is 24.5 Å². The fraction of sp³-hybridized carbons (Fsp3) is 0.556. The molecule has 7 nitrogen and oxygen atoms in total. The van der Waals surface area contributed by atoms with E-state index in [4.69, 9.17) is 0 Å². The van der Waals surface area contributed by atoms with Crippen molar-refractivity contribution in [2.45, 2.75) is 39.0 Å². The summed E-state index contributed by atoms with van der Waals surface area (Å²) in [5, 5.41) is 10.4. The number of pyridine rings is 1. The van der Waals surface area contributed by atoms with Crippen LogP contribution in [0.3, 0.4) is 0 Å². The van der Waals surface area contributed by atoms with Crippen LogP contribution in [-0.4, -0.2) is 57.4 Å². The van der Waals surface area contributed by atoms with Crippen LogP contribution < -0.4 is 0 Å². The SMILES string of the molecule is CN1C(=O)C(C)(C2CCCC2)C(=O)N(CC(=O)c2cccnc2)C1O. The third kappa shape index (κ3) is 2.82. The molecule has 1 aromatic rings. The Balaban J connectivity index is 1.88. The van der Waals surface area contributed by atoms with Crippen molar-refractivity contribution in [2.75, 3.05) is 13.6 Å². The molecule has 2 atom stereocenters. The Morgan fingerprint density at radius 2 is 2.00 bits per heavy atom. The van der Waals surface area contributed by atoms with Crippen molar-refractivity contribution in [3.8, 4) is 0 Å². The van der Waals surface area contributed by atoms with Crippen molar-refractivity contribution in [1.82, 2.24) is 14.8 Å². The first-order valence-electron chi connectivity index (χ1n) is 8.57.